The van der Waals surface area contributed by atoms with Crippen LogP contribution in [-0.2, 0) is 9.59 Å². The van der Waals surface area contributed by atoms with E-state index in [1.807, 2.05) is 20.8 Å². The second-order valence-electron chi connectivity index (χ2n) is 9.09. The second kappa shape index (κ2) is 13.5. The monoisotopic (exact) mass is 536 g/mol. The highest BCUT2D eigenvalue weighted by Crippen LogP contribution is 2.28. The zero-order valence-corrected chi connectivity index (χ0v) is 22.7. The Hall–Kier alpha value is -2.77. The fourth-order valence-corrected chi connectivity index (χ4v) is 4.24. The minimum Gasteiger partial charge on any atom is -0.497 e. The largest absolute Gasteiger partial charge is 0.497 e. The Morgan fingerprint density at radius 1 is 0.972 bits per heavy atom. The maximum atomic E-state index is 13.4. The van der Waals surface area contributed by atoms with Crippen LogP contribution in [0.15, 0.2) is 42.5 Å². The summed E-state index contributed by atoms with van der Waals surface area (Å²) in [6, 6.07) is 11.8. The number of nitrogens with zero attached hydrogens (tertiary/aromatic N) is 2. The number of ether oxygens (including phenoxy) is 1. The minimum atomic E-state index is -0.908. The number of carbonyl (C=O) groups excluding carboxylic acids is 2. The molecule has 2 aromatic carbocycles. The Morgan fingerprint density at radius 2 is 1.61 bits per heavy atom. The van der Waals surface area contributed by atoms with Crippen LogP contribution in [0.25, 0.3) is 0 Å². The molecule has 0 spiro atoms. The Bertz CT molecular complexity index is 1060. The third-order valence-electron chi connectivity index (χ3n) is 6.23. The van der Waals surface area contributed by atoms with Crippen molar-refractivity contribution in [2.24, 2.45) is 0 Å². The van der Waals surface area contributed by atoms with Gasteiger partial charge in [0.2, 0.25) is 5.91 Å². The molecule has 0 aromatic heterocycles. The number of rotatable bonds is 13. The van der Waals surface area contributed by atoms with Crippen LogP contribution in [0.5, 0.6) is 5.75 Å². The summed E-state index contributed by atoms with van der Waals surface area (Å²) in [5, 5.41) is 9.74. The van der Waals surface area contributed by atoms with Crippen molar-refractivity contribution in [2.75, 3.05) is 25.1 Å². The van der Waals surface area contributed by atoms with E-state index in [1.54, 1.807) is 59.4 Å². The van der Waals surface area contributed by atoms with E-state index in [0.29, 0.717) is 47.8 Å². The minimum absolute atomic E-state index is 0.0330. The molecule has 0 saturated heterocycles. The molecular weight excluding hydrogens is 503 g/mol. The number of amides is 2. The first kappa shape index (κ1) is 29.5. The number of carboxylic acids is 1. The molecule has 9 heteroatoms. The molecule has 0 fully saturated rings. The van der Waals surface area contributed by atoms with Gasteiger partial charge in [0.1, 0.15) is 5.75 Å². The number of hydrogen-bond donors (Lipinski definition) is 1. The van der Waals surface area contributed by atoms with Crippen molar-refractivity contribution in [3.8, 4) is 5.75 Å². The van der Waals surface area contributed by atoms with E-state index in [0.717, 1.165) is 0 Å². The molecule has 196 valence electrons. The number of halogens is 2. The van der Waals surface area contributed by atoms with Crippen molar-refractivity contribution < 1.29 is 24.2 Å². The highest BCUT2D eigenvalue weighted by molar-refractivity contribution is 6.36. The molecule has 0 aliphatic heterocycles. The van der Waals surface area contributed by atoms with Gasteiger partial charge in [-0.3, -0.25) is 14.4 Å². The molecule has 0 saturated carbocycles. The molecule has 1 N–H and O–H groups in total. The highest BCUT2D eigenvalue weighted by atomic mass is 35.5. The molecule has 7 nitrogen and oxygen atoms in total. The van der Waals surface area contributed by atoms with Crippen molar-refractivity contribution in [1.29, 1.82) is 0 Å². The summed E-state index contributed by atoms with van der Waals surface area (Å²) in [4.78, 5) is 41.0. The van der Waals surface area contributed by atoms with Gasteiger partial charge in [-0.05, 0) is 75.6 Å². The van der Waals surface area contributed by atoms with E-state index in [4.69, 9.17) is 33.0 Å². The average Bonchev–Trinajstić information content (AvgIpc) is 2.84. The van der Waals surface area contributed by atoms with Gasteiger partial charge >= 0.3 is 5.97 Å². The lowest BCUT2D eigenvalue weighted by atomic mass is 9.97. The maximum Gasteiger partial charge on any atom is 0.303 e. The van der Waals surface area contributed by atoms with Crippen molar-refractivity contribution in [3.05, 3.63) is 58.1 Å². The molecule has 0 aliphatic rings. The molecule has 0 atom stereocenters. The fourth-order valence-electron chi connectivity index (χ4n) is 3.75. The molecule has 0 unspecified atom stereocenters. The van der Waals surface area contributed by atoms with Gasteiger partial charge in [-0.2, -0.15) is 0 Å². The number of aliphatic carboxylic acids is 1. The summed E-state index contributed by atoms with van der Waals surface area (Å²) in [5.74, 6) is -0.608. The maximum absolute atomic E-state index is 13.4. The zero-order valence-electron chi connectivity index (χ0n) is 21.2. The quantitative estimate of drug-likeness (QED) is 0.324. The normalized spacial score (nSPS) is 11.2. The predicted octanol–water partition coefficient (Wildman–Crippen LogP) is 6.31. The first-order valence-corrected chi connectivity index (χ1v) is 12.7. The smallest absolute Gasteiger partial charge is 0.303 e. The summed E-state index contributed by atoms with van der Waals surface area (Å²) >= 11 is 12.3. The van der Waals surface area contributed by atoms with Gasteiger partial charge in [-0.25, -0.2) is 0 Å². The summed E-state index contributed by atoms with van der Waals surface area (Å²) in [6.07, 6.45) is 1.64. The van der Waals surface area contributed by atoms with Crippen LogP contribution in [0.4, 0.5) is 5.69 Å². The summed E-state index contributed by atoms with van der Waals surface area (Å²) < 4.78 is 5.19. The first-order chi connectivity index (χ1) is 17.0. The van der Waals surface area contributed by atoms with Gasteiger partial charge < -0.3 is 19.6 Å². The van der Waals surface area contributed by atoms with Crippen LogP contribution in [0.3, 0.4) is 0 Å². The fraction of sp³-hybridized carbons (Fsp3) is 0.444. The molecule has 0 radical (unpaired) electrons. The number of methoxy groups -OCH3 is 1. The summed E-state index contributed by atoms with van der Waals surface area (Å²) in [6.45, 7) is 6.60. The molecule has 0 heterocycles. The van der Waals surface area contributed by atoms with Crippen LogP contribution in [0, 0.1) is 0 Å². The van der Waals surface area contributed by atoms with Gasteiger partial charge in [0.15, 0.2) is 0 Å². The third-order valence-corrected chi connectivity index (χ3v) is 6.78. The lowest BCUT2D eigenvalue weighted by Gasteiger charge is -2.38. The van der Waals surface area contributed by atoms with E-state index in [9.17, 15) is 14.4 Å². The lowest BCUT2D eigenvalue weighted by Crippen LogP contribution is -2.48. The highest BCUT2D eigenvalue weighted by Gasteiger charge is 2.31. The molecule has 36 heavy (non-hydrogen) atoms. The Morgan fingerprint density at radius 3 is 2.17 bits per heavy atom. The standard InChI is InChI=1S/C27H34Cl2N2O5/c1-5-27(2,3)31(26(35)22-15-10-19(28)18-23(22)29)17-6-8-24(32)30(16-7-9-25(33)34)20-11-13-21(36-4)14-12-20/h10-15,18H,5-9,16-17H2,1-4H3,(H,33,34). The van der Waals surface area contributed by atoms with Crippen LogP contribution >= 0.6 is 23.2 Å². The van der Waals surface area contributed by atoms with Crippen molar-refractivity contribution in [3.63, 3.8) is 0 Å². The number of benzene rings is 2. The van der Waals surface area contributed by atoms with Gasteiger partial charge in [-0.1, -0.05) is 30.1 Å². The van der Waals surface area contributed by atoms with Crippen LogP contribution in [0.1, 0.15) is 63.2 Å². The van der Waals surface area contributed by atoms with Gasteiger partial charge in [-0.15, -0.1) is 0 Å². The first-order valence-electron chi connectivity index (χ1n) is 11.9. The Kier molecular flexibility index (Phi) is 11.1. The van der Waals surface area contributed by atoms with E-state index in [2.05, 4.69) is 0 Å². The molecule has 0 aliphatic carbocycles. The molecular formula is C27H34Cl2N2O5. The Labute approximate surface area is 222 Å². The number of carbonyl (C=O) groups is 3. The molecule has 2 amide bonds. The van der Waals surface area contributed by atoms with Crippen molar-refractivity contribution in [1.82, 2.24) is 4.90 Å². The zero-order chi connectivity index (χ0) is 26.9. The molecule has 2 rings (SSSR count). The summed E-state index contributed by atoms with van der Waals surface area (Å²) in [5.41, 5.74) is 0.573. The predicted molar refractivity (Wildman–Crippen MR) is 143 cm³/mol. The van der Waals surface area contributed by atoms with Gasteiger partial charge in [0.25, 0.3) is 5.91 Å². The van der Waals surface area contributed by atoms with Gasteiger partial charge in [0, 0.05) is 42.2 Å². The number of hydrogen-bond acceptors (Lipinski definition) is 4. The van der Waals surface area contributed by atoms with Crippen molar-refractivity contribution >= 4 is 46.7 Å². The molecule has 2 aromatic rings. The Balaban J connectivity index is 2.16. The summed E-state index contributed by atoms with van der Waals surface area (Å²) in [7, 11) is 1.56. The molecule has 0 bridgehead atoms. The van der Waals surface area contributed by atoms with Crippen molar-refractivity contribution in [2.45, 2.75) is 58.4 Å². The average molecular weight is 537 g/mol. The van der Waals surface area contributed by atoms with E-state index < -0.39 is 11.5 Å². The van der Waals surface area contributed by atoms with E-state index in [1.165, 1.54) is 0 Å². The van der Waals surface area contributed by atoms with E-state index in [-0.39, 0.29) is 36.2 Å². The third kappa shape index (κ3) is 8.14. The van der Waals surface area contributed by atoms with Crippen LogP contribution in [0.2, 0.25) is 10.0 Å². The van der Waals surface area contributed by atoms with E-state index >= 15 is 0 Å². The lowest BCUT2D eigenvalue weighted by molar-refractivity contribution is -0.137. The number of anilines is 1. The second-order valence-corrected chi connectivity index (χ2v) is 9.93. The number of carboxylic acid groups (broad SMARTS) is 1. The topological polar surface area (TPSA) is 87.2 Å². The SMILES string of the molecule is CCC(C)(C)N(CCCC(=O)N(CCCC(=O)O)c1ccc(OC)cc1)C(=O)c1ccc(Cl)cc1Cl. The van der Waals surface area contributed by atoms with Crippen LogP contribution < -0.4 is 9.64 Å². The van der Waals surface area contributed by atoms with Crippen LogP contribution in [-0.4, -0.2) is 53.5 Å². The van der Waals surface area contributed by atoms with Gasteiger partial charge in [0.05, 0.1) is 17.7 Å².